The first-order valence-electron chi connectivity index (χ1n) is 14.2. The summed E-state index contributed by atoms with van der Waals surface area (Å²) < 4.78 is 0. The van der Waals surface area contributed by atoms with Gasteiger partial charge in [0.15, 0.2) is 0 Å². The second kappa shape index (κ2) is 10.2. The summed E-state index contributed by atoms with van der Waals surface area (Å²) in [5.41, 5.74) is 4.61. The Morgan fingerprint density at radius 1 is 0.927 bits per heavy atom. The van der Waals surface area contributed by atoms with Gasteiger partial charge < -0.3 is 14.8 Å². The summed E-state index contributed by atoms with van der Waals surface area (Å²) in [6.07, 6.45) is 2.06. The molecule has 3 aliphatic heterocycles. The number of benzene rings is 3. The van der Waals surface area contributed by atoms with E-state index in [1.54, 1.807) is 11.0 Å². The number of piperazine rings is 1. The predicted molar refractivity (Wildman–Crippen MR) is 154 cm³/mol. The number of carbonyl (C=O) groups is 2. The van der Waals surface area contributed by atoms with E-state index in [0.29, 0.717) is 12.0 Å². The lowest BCUT2D eigenvalue weighted by Crippen LogP contribution is -2.65. The third kappa shape index (κ3) is 4.46. The second-order valence-electron chi connectivity index (χ2n) is 11.3. The van der Waals surface area contributed by atoms with Crippen LogP contribution in [-0.4, -0.2) is 68.1 Å². The van der Waals surface area contributed by atoms with Crippen LogP contribution in [0.1, 0.15) is 41.3 Å². The van der Waals surface area contributed by atoms with Gasteiger partial charge in [-0.1, -0.05) is 60.7 Å². The molecule has 4 aromatic rings. The van der Waals surface area contributed by atoms with Crippen LogP contribution in [0.2, 0.25) is 0 Å². The lowest BCUT2D eigenvalue weighted by molar-refractivity contribution is -0.384. The summed E-state index contributed by atoms with van der Waals surface area (Å²) >= 11 is 0. The lowest BCUT2D eigenvalue weighted by Gasteiger charge is -2.49. The van der Waals surface area contributed by atoms with Crippen LogP contribution in [0, 0.1) is 10.1 Å². The van der Waals surface area contributed by atoms with E-state index >= 15 is 0 Å². The molecule has 0 unspecified atom stereocenters. The average molecular weight is 550 g/mol. The fourth-order valence-corrected chi connectivity index (χ4v) is 6.98. The summed E-state index contributed by atoms with van der Waals surface area (Å²) in [5.74, 6) is -0.153. The highest BCUT2D eigenvalue weighted by Gasteiger charge is 2.49. The zero-order chi connectivity index (χ0) is 28.1. The molecular formula is C32H31N5O4. The molecule has 0 radical (unpaired) electrons. The number of piperidine rings is 1. The average Bonchev–Trinajstić information content (AvgIpc) is 3.37. The molecule has 208 valence electrons. The number of aromatic amines is 1. The second-order valence-corrected chi connectivity index (χ2v) is 11.3. The number of fused-ring (bicyclic) bond motifs is 4. The molecule has 9 nitrogen and oxygen atoms in total. The normalized spacial score (nSPS) is 21.7. The van der Waals surface area contributed by atoms with Crippen molar-refractivity contribution in [3.63, 3.8) is 0 Å². The summed E-state index contributed by atoms with van der Waals surface area (Å²) in [7, 11) is 0. The maximum absolute atomic E-state index is 14.2. The van der Waals surface area contributed by atoms with Crippen molar-refractivity contribution in [3.05, 3.63) is 111 Å². The van der Waals surface area contributed by atoms with Gasteiger partial charge in [-0.25, -0.2) is 0 Å². The Kier molecular flexibility index (Phi) is 6.31. The number of rotatable bonds is 5. The van der Waals surface area contributed by atoms with Crippen LogP contribution >= 0.6 is 0 Å². The van der Waals surface area contributed by atoms with Gasteiger partial charge in [-0.05, 0) is 35.6 Å². The van der Waals surface area contributed by atoms with E-state index in [2.05, 4.69) is 34.1 Å². The first-order valence-corrected chi connectivity index (χ1v) is 14.2. The molecule has 3 aromatic carbocycles. The highest BCUT2D eigenvalue weighted by molar-refractivity contribution is 5.98. The smallest absolute Gasteiger partial charge is 0.269 e. The maximum Gasteiger partial charge on any atom is 0.269 e. The quantitative estimate of drug-likeness (QED) is 0.293. The van der Waals surface area contributed by atoms with E-state index in [-0.39, 0.29) is 30.1 Å². The molecule has 2 amide bonds. The third-order valence-electron chi connectivity index (χ3n) is 8.94. The van der Waals surface area contributed by atoms with Crippen LogP contribution in [0.4, 0.5) is 5.69 Å². The molecule has 2 saturated heterocycles. The Hall–Kier alpha value is -4.50. The van der Waals surface area contributed by atoms with E-state index in [1.807, 2.05) is 41.3 Å². The number of nitrogens with one attached hydrogen (secondary N) is 1. The SMILES string of the molecule is O=C1[C@H]2Cc3c([nH]c4ccccc34)[C@H](c3cccc([N+](=O)[O-])c3)N2C(=O)CN1C1CCN(Cc2ccccc2)CC1. The monoisotopic (exact) mass is 549 g/mol. The minimum Gasteiger partial charge on any atom is -0.356 e. The minimum atomic E-state index is -0.658. The van der Waals surface area contributed by atoms with Gasteiger partial charge in [-0.2, -0.15) is 0 Å². The maximum atomic E-state index is 14.2. The standard InChI is InChI=1S/C32H31N5O4/c38-29-20-35(23-13-15-34(16-14-23)19-21-7-2-1-3-8-21)32(39)28-18-26-25-11-4-5-12-27(25)33-30(26)31(36(28)29)22-9-6-10-24(17-22)37(40)41/h1-12,17,23,28,31,33H,13-16,18-20H2/t28-,31+/m1/s1. The van der Waals surface area contributed by atoms with Crippen LogP contribution in [0.15, 0.2) is 78.9 Å². The van der Waals surface area contributed by atoms with Gasteiger partial charge in [0.25, 0.3) is 5.69 Å². The van der Waals surface area contributed by atoms with Crippen molar-refractivity contribution in [2.75, 3.05) is 19.6 Å². The number of para-hydroxylation sites is 1. The van der Waals surface area contributed by atoms with Crippen molar-refractivity contribution in [1.82, 2.24) is 19.7 Å². The number of non-ortho nitro benzene ring substituents is 1. The molecule has 41 heavy (non-hydrogen) atoms. The summed E-state index contributed by atoms with van der Waals surface area (Å²) in [5, 5.41) is 12.6. The summed E-state index contributed by atoms with van der Waals surface area (Å²) in [4.78, 5) is 48.7. The van der Waals surface area contributed by atoms with Gasteiger partial charge in [0.2, 0.25) is 11.8 Å². The molecule has 1 N–H and O–H groups in total. The highest BCUT2D eigenvalue weighted by Crippen LogP contribution is 2.43. The highest BCUT2D eigenvalue weighted by atomic mass is 16.6. The Labute approximate surface area is 237 Å². The van der Waals surface area contributed by atoms with Crippen molar-refractivity contribution >= 4 is 28.4 Å². The summed E-state index contributed by atoms with van der Waals surface area (Å²) in [6, 6.07) is 23.5. The van der Waals surface area contributed by atoms with Gasteiger partial charge in [-0.15, -0.1) is 0 Å². The molecule has 1 aromatic heterocycles. The molecule has 0 spiro atoms. The number of nitro groups is 1. The number of carbonyl (C=O) groups excluding carboxylic acids is 2. The molecule has 4 heterocycles. The zero-order valence-corrected chi connectivity index (χ0v) is 22.6. The number of aromatic nitrogens is 1. The molecule has 2 atom stereocenters. The van der Waals surface area contributed by atoms with Gasteiger partial charge in [-0.3, -0.25) is 24.6 Å². The number of nitrogens with zero attached hydrogens (tertiary/aromatic N) is 4. The fourth-order valence-electron chi connectivity index (χ4n) is 6.98. The molecule has 2 fully saturated rings. The van der Waals surface area contributed by atoms with Crippen LogP contribution < -0.4 is 0 Å². The lowest BCUT2D eigenvalue weighted by atomic mass is 9.85. The van der Waals surface area contributed by atoms with E-state index < -0.39 is 17.0 Å². The van der Waals surface area contributed by atoms with Crippen molar-refractivity contribution in [3.8, 4) is 0 Å². The minimum absolute atomic E-state index is 0.0150. The Balaban J connectivity index is 1.20. The number of nitro benzene ring substituents is 1. The predicted octanol–water partition coefficient (Wildman–Crippen LogP) is 4.43. The Bertz CT molecular complexity index is 1640. The number of likely N-dealkylation sites (tertiary alicyclic amines) is 1. The van der Waals surface area contributed by atoms with Crippen molar-refractivity contribution < 1.29 is 14.5 Å². The fraction of sp³-hybridized carbons (Fsp3) is 0.312. The number of hydrogen-bond donors (Lipinski definition) is 1. The van der Waals surface area contributed by atoms with Crippen LogP contribution in [-0.2, 0) is 22.6 Å². The van der Waals surface area contributed by atoms with Crippen LogP contribution in [0.25, 0.3) is 10.9 Å². The van der Waals surface area contributed by atoms with E-state index in [0.717, 1.165) is 54.6 Å². The number of H-pyrrole nitrogens is 1. The third-order valence-corrected chi connectivity index (χ3v) is 8.94. The topological polar surface area (TPSA) is 103 Å². The number of hydrogen-bond acceptors (Lipinski definition) is 5. The van der Waals surface area contributed by atoms with Gasteiger partial charge in [0, 0.05) is 60.8 Å². The van der Waals surface area contributed by atoms with Gasteiger partial charge in [0.1, 0.15) is 12.6 Å². The van der Waals surface area contributed by atoms with E-state index in [1.165, 1.54) is 17.7 Å². The molecule has 0 aliphatic carbocycles. The van der Waals surface area contributed by atoms with Gasteiger partial charge >= 0.3 is 0 Å². The van der Waals surface area contributed by atoms with Gasteiger partial charge in [0.05, 0.1) is 11.0 Å². The Morgan fingerprint density at radius 3 is 2.46 bits per heavy atom. The first kappa shape index (κ1) is 25.5. The van der Waals surface area contributed by atoms with Crippen LogP contribution in [0.3, 0.4) is 0 Å². The first-order chi connectivity index (χ1) is 20.0. The molecule has 0 saturated carbocycles. The van der Waals surface area contributed by atoms with Crippen molar-refractivity contribution in [1.29, 1.82) is 0 Å². The summed E-state index contributed by atoms with van der Waals surface area (Å²) in [6.45, 7) is 2.65. The number of amides is 2. The van der Waals surface area contributed by atoms with Crippen LogP contribution in [0.5, 0.6) is 0 Å². The Morgan fingerprint density at radius 2 is 1.68 bits per heavy atom. The zero-order valence-electron chi connectivity index (χ0n) is 22.6. The molecule has 0 bridgehead atoms. The van der Waals surface area contributed by atoms with E-state index in [9.17, 15) is 19.7 Å². The van der Waals surface area contributed by atoms with Crippen molar-refractivity contribution in [2.24, 2.45) is 0 Å². The van der Waals surface area contributed by atoms with E-state index in [4.69, 9.17) is 0 Å². The molecular weight excluding hydrogens is 518 g/mol. The molecule has 3 aliphatic rings. The van der Waals surface area contributed by atoms with Crippen molar-refractivity contribution in [2.45, 2.75) is 43.9 Å². The molecule has 7 rings (SSSR count). The molecule has 9 heteroatoms. The largest absolute Gasteiger partial charge is 0.356 e.